The van der Waals surface area contributed by atoms with Crippen LogP contribution >= 0.6 is 0 Å². The van der Waals surface area contributed by atoms with Crippen LogP contribution in [0.4, 0.5) is 5.95 Å². The summed E-state index contributed by atoms with van der Waals surface area (Å²) in [6.45, 7) is 4.61. The van der Waals surface area contributed by atoms with E-state index < -0.39 is 0 Å². The summed E-state index contributed by atoms with van der Waals surface area (Å²) < 4.78 is 5.38. The first-order valence-corrected chi connectivity index (χ1v) is 5.90. The van der Waals surface area contributed by atoms with E-state index in [-0.39, 0.29) is 12.0 Å². The van der Waals surface area contributed by atoms with Crippen molar-refractivity contribution in [1.29, 1.82) is 0 Å². The zero-order valence-electron chi connectivity index (χ0n) is 10.6. The van der Waals surface area contributed by atoms with Gasteiger partial charge in [-0.1, -0.05) is 36.8 Å². The highest BCUT2D eigenvalue weighted by Gasteiger charge is 2.07. The van der Waals surface area contributed by atoms with Crippen LogP contribution in [0.25, 0.3) is 11.4 Å². The van der Waals surface area contributed by atoms with Crippen molar-refractivity contribution < 1.29 is 4.74 Å². The van der Waals surface area contributed by atoms with E-state index in [1.165, 1.54) is 5.56 Å². The highest BCUT2D eigenvalue weighted by atomic mass is 16.5. The van der Waals surface area contributed by atoms with Gasteiger partial charge in [0.2, 0.25) is 5.95 Å². The molecule has 94 valence electrons. The molecule has 5 heteroatoms. The average molecular weight is 244 g/mol. The van der Waals surface area contributed by atoms with Gasteiger partial charge in [-0.15, -0.1) is 0 Å². The van der Waals surface area contributed by atoms with E-state index in [2.05, 4.69) is 15.0 Å². The van der Waals surface area contributed by atoms with E-state index in [0.29, 0.717) is 12.4 Å². The van der Waals surface area contributed by atoms with Crippen molar-refractivity contribution in [2.24, 2.45) is 0 Å². The normalized spacial score (nSPS) is 10.3. The number of nitrogens with two attached hydrogens (primary N) is 1. The summed E-state index contributed by atoms with van der Waals surface area (Å²) in [5, 5.41) is 0. The lowest BCUT2D eigenvalue weighted by molar-refractivity contribution is 0.292. The van der Waals surface area contributed by atoms with Gasteiger partial charge in [0.05, 0.1) is 6.61 Å². The Morgan fingerprint density at radius 3 is 2.50 bits per heavy atom. The molecule has 1 heterocycles. The second-order valence-corrected chi connectivity index (χ2v) is 4.01. The minimum absolute atomic E-state index is 0.173. The highest BCUT2D eigenvalue weighted by Crippen LogP contribution is 2.18. The third kappa shape index (κ3) is 2.94. The van der Waals surface area contributed by atoms with Crippen LogP contribution in [0.15, 0.2) is 24.3 Å². The smallest absolute Gasteiger partial charge is 0.321 e. The maximum Gasteiger partial charge on any atom is 0.321 e. The van der Waals surface area contributed by atoms with Crippen LogP contribution in [-0.2, 0) is 0 Å². The van der Waals surface area contributed by atoms with Gasteiger partial charge in [0.15, 0.2) is 5.82 Å². The molecule has 5 nitrogen and oxygen atoms in total. The zero-order valence-corrected chi connectivity index (χ0v) is 10.6. The van der Waals surface area contributed by atoms with Gasteiger partial charge in [-0.05, 0) is 13.3 Å². The summed E-state index contributed by atoms with van der Waals surface area (Å²) in [5.74, 6) is 0.709. The average Bonchev–Trinajstić information content (AvgIpc) is 2.36. The quantitative estimate of drug-likeness (QED) is 0.892. The maximum absolute atomic E-state index is 5.66. The van der Waals surface area contributed by atoms with Gasteiger partial charge in [0, 0.05) is 5.56 Å². The maximum atomic E-state index is 5.66. The van der Waals surface area contributed by atoms with Gasteiger partial charge in [-0.25, -0.2) is 0 Å². The topological polar surface area (TPSA) is 73.9 Å². The number of nitrogens with zero attached hydrogens (tertiary/aromatic N) is 3. The first kappa shape index (κ1) is 12.3. The van der Waals surface area contributed by atoms with Crippen LogP contribution in [0.2, 0.25) is 0 Å². The Labute approximate surface area is 106 Å². The Morgan fingerprint density at radius 1 is 1.11 bits per heavy atom. The molecule has 0 spiro atoms. The molecule has 1 aromatic carbocycles. The van der Waals surface area contributed by atoms with Gasteiger partial charge in [-0.3, -0.25) is 0 Å². The van der Waals surface area contributed by atoms with Crippen LogP contribution in [0.5, 0.6) is 6.01 Å². The molecule has 0 fully saturated rings. The molecule has 0 aliphatic carbocycles. The number of aromatic nitrogens is 3. The lowest BCUT2D eigenvalue weighted by Gasteiger charge is -2.06. The standard InChI is InChI=1S/C13H16N4O/c1-3-8-18-13-16-11(15-12(14)17-13)10-6-4-9(2)5-7-10/h4-7H,3,8H2,1-2H3,(H2,14,15,16,17). The van der Waals surface area contributed by atoms with E-state index in [1.807, 2.05) is 38.1 Å². The van der Waals surface area contributed by atoms with Crippen molar-refractivity contribution in [3.8, 4) is 17.4 Å². The molecule has 0 radical (unpaired) electrons. The van der Waals surface area contributed by atoms with Crippen molar-refractivity contribution in [1.82, 2.24) is 15.0 Å². The van der Waals surface area contributed by atoms with E-state index in [1.54, 1.807) is 0 Å². The number of ether oxygens (including phenoxy) is 1. The van der Waals surface area contributed by atoms with Crippen molar-refractivity contribution in [3.05, 3.63) is 29.8 Å². The molecule has 2 aromatic rings. The SMILES string of the molecule is CCCOc1nc(N)nc(-c2ccc(C)cc2)n1. The molecule has 0 saturated carbocycles. The Balaban J connectivity index is 2.32. The van der Waals surface area contributed by atoms with E-state index in [0.717, 1.165) is 12.0 Å². The largest absolute Gasteiger partial charge is 0.463 e. The molecule has 2 N–H and O–H groups in total. The third-order valence-corrected chi connectivity index (χ3v) is 2.38. The van der Waals surface area contributed by atoms with E-state index in [4.69, 9.17) is 10.5 Å². The number of benzene rings is 1. The Bertz CT molecular complexity index is 525. The Hall–Kier alpha value is -2.17. The minimum atomic E-state index is 0.173. The fourth-order valence-electron chi connectivity index (χ4n) is 1.46. The molecule has 0 saturated heterocycles. The second kappa shape index (κ2) is 5.44. The lowest BCUT2D eigenvalue weighted by atomic mass is 10.1. The summed E-state index contributed by atoms with van der Waals surface area (Å²) in [6.07, 6.45) is 0.894. The predicted octanol–water partition coefficient (Wildman–Crippen LogP) is 2.22. The van der Waals surface area contributed by atoms with Gasteiger partial charge in [0.1, 0.15) is 0 Å². The van der Waals surface area contributed by atoms with E-state index >= 15 is 0 Å². The molecule has 2 rings (SSSR count). The van der Waals surface area contributed by atoms with Crippen LogP contribution < -0.4 is 10.5 Å². The molecular weight excluding hydrogens is 228 g/mol. The van der Waals surface area contributed by atoms with Crippen molar-refractivity contribution in [2.45, 2.75) is 20.3 Å². The third-order valence-electron chi connectivity index (χ3n) is 2.38. The van der Waals surface area contributed by atoms with Crippen LogP contribution in [0.1, 0.15) is 18.9 Å². The molecule has 1 aromatic heterocycles. The second-order valence-electron chi connectivity index (χ2n) is 4.01. The van der Waals surface area contributed by atoms with Crippen LogP contribution in [-0.4, -0.2) is 21.6 Å². The predicted molar refractivity (Wildman–Crippen MR) is 70.2 cm³/mol. The monoisotopic (exact) mass is 244 g/mol. The number of rotatable bonds is 4. The Kier molecular flexibility index (Phi) is 3.72. The van der Waals surface area contributed by atoms with Crippen molar-refractivity contribution in [2.75, 3.05) is 12.3 Å². The fraction of sp³-hybridized carbons (Fsp3) is 0.308. The molecule has 18 heavy (non-hydrogen) atoms. The highest BCUT2D eigenvalue weighted by molar-refractivity contribution is 5.56. The van der Waals surface area contributed by atoms with Gasteiger partial charge >= 0.3 is 6.01 Å². The molecular formula is C13H16N4O. The number of aryl methyl sites for hydroxylation is 1. The summed E-state index contributed by atoms with van der Waals surface area (Å²) in [4.78, 5) is 12.3. The number of hydrogen-bond donors (Lipinski definition) is 1. The van der Waals surface area contributed by atoms with Gasteiger partial charge in [-0.2, -0.15) is 15.0 Å². The zero-order chi connectivity index (χ0) is 13.0. The van der Waals surface area contributed by atoms with Gasteiger partial charge in [0.25, 0.3) is 0 Å². The molecule has 0 amide bonds. The summed E-state index contributed by atoms with van der Waals surface area (Å²) in [7, 11) is 0. The molecule has 0 bridgehead atoms. The summed E-state index contributed by atoms with van der Waals surface area (Å²) in [6, 6.07) is 8.19. The molecule has 0 aliphatic rings. The molecule has 0 aliphatic heterocycles. The lowest BCUT2D eigenvalue weighted by Crippen LogP contribution is -2.05. The number of nitrogen functional groups attached to an aromatic ring is 1. The fourth-order valence-corrected chi connectivity index (χ4v) is 1.46. The first-order chi connectivity index (χ1) is 8.69. The van der Waals surface area contributed by atoms with Crippen molar-refractivity contribution >= 4 is 5.95 Å². The molecule has 0 unspecified atom stereocenters. The Morgan fingerprint density at radius 2 is 1.83 bits per heavy atom. The minimum Gasteiger partial charge on any atom is -0.463 e. The van der Waals surface area contributed by atoms with Gasteiger partial charge < -0.3 is 10.5 Å². The number of hydrogen-bond acceptors (Lipinski definition) is 5. The molecule has 0 atom stereocenters. The summed E-state index contributed by atoms with van der Waals surface area (Å²) in [5.41, 5.74) is 7.74. The summed E-state index contributed by atoms with van der Waals surface area (Å²) >= 11 is 0. The number of anilines is 1. The first-order valence-electron chi connectivity index (χ1n) is 5.90. The van der Waals surface area contributed by atoms with Crippen molar-refractivity contribution in [3.63, 3.8) is 0 Å². The van der Waals surface area contributed by atoms with Crippen LogP contribution in [0, 0.1) is 6.92 Å². The van der Waals surface area contributed by atoms with Crippen LogP contribution in [0.3, 0.4) is 0 Å². The van der Waals surface area contributed by atoms with E-state index in [9.17, 15) is 0 Å².